The van der Waals surface area contributed by atoms with Gasteiger partial charge in [0.15, 0.2) is 6.61 Å². The number of likely N-dealkylation sites (N-methyl/N-ethyl adjacent to an activating group) is 1. The molecule has 2 aromatic rings. The van der Waals surface area contributed by atoms with Crippen molar-refractivity contribution in [2.45, 2.75) is 25.5 Å². The van der Waals surface area contributed by atoms with E-state index in [9.17, 15) is 9.59 Å². The number of anilines is 1. The summed E-state index contributed by atoms with van der Waals surface area (Å²) in [5.74, 6) is -0.132. The van der Waals surface area contributed by atoms with Gasteiger partial charge in [0.1, 0.15) is 12.4 Å². The van der Waals surface area contributed by atoms with Crippen molar-refractivity contribution in [3.05, 3.63) is 59.7 Å². The highest BCUT2D eigenvalue weighted by atomic mass is 16.5. The molecule has 31 heavy (non-hydrogen) atoms. The van der Waals surface area contributed by atoms with Crippen molar-refractivity contribution in [3.63, 3.8) is 0 Å². The molecule has 1 aliphatic heterocycles. The molecule has 3 rings (SSSR count). The first kappa shape index (κ1) is 22.6. The van der Waals surface area contributed by atoms with E-state index in [2.05, 4.69) is 0 Å². The molecule has 0 aromatic heterocycles. The summed E-state index contributed by atoms with van der Waals surface area (Å²) < 4.78 is 16.4. The largest absolute Gasteiger partial charge is 0.491 e. The highest BCUT2D eigenvalue weighted by molar-refractivity contribution is 5.91. The average Bonchev–Trinajstić information content (AvgIpc) is 3.30. The number of hydrogen-bond donors (Lipinski definition) is 0. The number of nitrogens with zero attached hydrogens (tertiary/aromatic N) is 2. The molecule has 0 N–H and O–H groups in total. The summed E-state index contributed by atoms with van der Waals surface area (Å²) in [6.07, 6.45) is 2.21. The molecule has 0 aliphatic carbocycles. The van der Waals surface area contributed by atoms with Crippen LogP contribution < -0.4 is 9.64 Å². The van der Waals surface area contributed by atoms with E-state index in [1.54, 1.807) is 36.2 Å². The SMILES string of the molecule is CN(Cc1ccc(N(C)C)cc1)C(=O)COC(=O)c1ccc(OCC2CCCO2)cc1. The lowest BCUT2D eigenvalue weighted by Gasteiger charge is -2.18. The standard InChI is InChI=1S/C24H30N2O5/c1-25(2)20-10-6-18(7-11-20)15-26(3)23(27)17-31-24(28)19-8-12-21(13-9-19)30-16-22-5-4-14-29-22/h6-13,22H,4-5,14-17H2,1-3H3. The van der Waals surface area contributed by atoms with Gasteiger partial charge < -0.3 is 24.0 Å². The second kappa shape index (κ2) is 10.8. The fourth-order valence-electron chi connectivity index (χ4n) is 3.23. The number of benzene rings is 2. The lowest BCUT2D eigenvalue weighted by molar-refractivity contribution is -0.133. The summed E-state index contributed by atoms with van der Waals surface area (Å²) in [7, 11) is 5.65. The minimum Gasteiger partial charge on any atom is -0.491 e. The van der Waals surface area contributed by atoms with E-state index in [1.165, 1.54) is 0 Å². The summed E-state index contributed by atoms with van der Waals surface area (Å²) in [6, 6.07) is 14.7. The van der Waals surface area contributed by atoms with Crippen LogP contribution in [0.4, 0.5) is 5.69 Å². The molecule has 1 fully saturated rings. The number of carbonyl (C=O) groups is 2. The third-order valence-electron chi connectivity index (χ3n) is 5.17. The molecule has 0 radical (unpaired) electrons. The summed E-state index contributed by atoms with van der Waals surface area (Å²) in [6.45, 7) is 1.43. The van der Waals surface area contributed by atoms with Gasteiger partial charge in [-0.2, -0.15) is 0 Å². The average molecular weight is 427 g/mol. The maximum Gasteiger partial charge on any atom is 0.338 e. The molecule has 7 heteroatoms. The van der Waals surface area contributed by atoms with Crippen LogP contribution in [-0.2, 0) is 20.8 Å². The second-order valence-corrected chi connectivity index (χ2v) is 7.86. The minimum atomic E-state index is -0.539. The molecule has 2 aromatic carbocycles. The van der Waals surface area contributed by atoms with Crippen molar-refractivity contribution in [1.29, 1.82) is 0 Å². The Labute approximate surface area is 183 Å². The van der Waals surface area contributed by atoms with E-state index in [0.29, 0.717) is 24.5 Å². The fourth-order valence-corrected chi connectivity index (χ4v) is 3.23. The Kier molecular flexibility index (Phi) is 7.89. The highest BCUT2D eigenvalue weighted by Gasteiger charge is 2.17. The number of carbonyl (C=O) groups excluding carboxylic acids is 2. The zero-order valence-electron chi connectivity index (χ0n) is 18.4. The van der Waals surface area contributed by atoms with Crippen LogP contribution in [0, 0.1) is 0 Å². The summed E-state index contributed by atoms with van der Waals surface area (Å²) in [5.41, 5.74) is 2.47. The van der Waals surface area contributed by atoms with Crippen molar-refractivity contribution >= 4 is 17.6 Å². The van der Waals surface area contributed by atoms with Crippen molar-refractivity contribution in [2.24, 2.45) is 0 Å². The van der Waals surface area contributed by atoms with Crippen LogP contribution in [0.25, 0.3) is 0 Å². The van der Waals surface area contributed by atoms with Crippen LogP contribution in [-0.4, -0.2) is 63.8 Å². The van der Waals surface area contributed by atoms with Gasteiger partial charge in [-0.25, -0.2) is 4.79 Å². The first-order valence-corrected chi connectivity index (χ1v) is 10.4. The van der Waals surface area contributed by atoms with E-state index in [4.69, 9.17) is 14.2 Å². The molecule has 0 spiro atoms. The number of ether oxygens (including phenoxy) is 3. The number of hydrogen-bond acceptors (Lipinski definition) is 6. The van der Waals surface area contributed by atoms with E-state index in [1.807, 2.05) is 43.3 Å². The normalized spacial score (nSPS) is 15.4. The maximum absolute atomic E-state index is 12.3. The molecule has 1 unspecified atom stereocenters. The highest BCUT2D eigenvalue weighted by Crippen LogP contribution is 2.17. The van der Waals surface area contributed by atoms with Gasteiger partial charge in [0.2, 0.25) is 0 Å². The van der Waals surface area contributed by atoms with Crippen LogP contribution in [0.3, 0.4) is 0 Å². The number of rotatable bonds is 9. The van der Waals surface area contributed by atoms with Gasteiger partial charge in [-0.05, 0) is 54.8 Å². The molecule has 0 bridgehead atoms. The smallest absolute Gasteiger partial charge is 0.338 e. The molecule has 0 saturated carbocycles. The summed E-state index contributed by atoms with van der Waals surface area (Å²) in [4.78, 5) is 28.1. The monoisotopic (exact) mass is 426 g/mol. The predicted octanol–water partition coefficient (Wildman–Crippen LogP) is 3.13. The lowest BCUT2D eigenvalue weighted by atomic mass is 10.2. The Hall–Kier alpha value is -3.06. The van der Waals surface area contributed by atoms with Crippen LogP contribution in [0.1, 0.15) is 28.8 Å². The molecule has 1 amide bonds. The zero-order valence-corrected chi connectivity index (χ0v) is 18.4. The van der Waals surface area contributed by atoms with Crippen LogP contribution in [0.2, 0.25) is 0 Å². The van der Waals surface area contributed by atoms with Crippen LogP contribution >= 0.6 is 0 Å². The van der Waals surface area contributed by atoms with Crippen molar-refractivity contribution in [1.82, 2.24) is 4.90 Å². The van der Waals surface area contributed by atoms with Crippen molar-refractivity contribution in [3.8, 4) is 5.75 Å². The van der Waals surface area contributed by atoms with Gasteiger partial charge in [-0.15, -0.1) is 0 Å². The quantitative estimate of drug-likeness (QED) is 0.574. The molecular formula is C24H30N2O5. The van der Waals surface area contributed by atoms with Gasteiger partial charge >= 0.3 is 5.97 Å². The molecular weight excluding hydrogens is 396 g/mol. The maximum atomic E-state index is 12.3. The second-order valence-electron chi connectivity index (χ2n) is 7.86. The third kappa shape index (κ3) is 6.72. The summed E-state index contributed by atoms with van der Waals surface area (Å²) in [5, 5.41) is 0. The Balaban J connectivity index is 1.42. The van der Waals surface area contributed by atoms with E-state index < -0.39 is 5.97 Å². The van der Waals surface area contributed by atoms with Gasteiger partial charge in [-0.1, -0.05) is 12.1 Å². The first-order chi connectivity index (χ1) is 14.9. The molecule has 1 aliphatic rings. The zero-order chi connectivity index (χ0) is 22.2. The predicted molar refractivity (Wildman–Crippen MR) is 118 cm³/mol. The third-order valence-corrected chi connectivity index (χ3v) is 5.17. The van der Waals surface area contributed by atoms with Crippen LogP contribution in [0.15, 0.2) is 48.5 Å². The van der Waals surface area contributed by atoms with Gasteiger partial charge in [0.25, 0.3) is 5.91 Å². The topological polar surface area (TPSA) is 68.3 Å². The minimum absolute atomic E-state index is 0.138. The van der Waals surface area contributed by atoms with Crippen molar-refractivity contribution < 1.29 is 23.8 Å². The number of amides is 1. The molecule has 1 atom stereocenters. The Morgan fingerprint density at radius 1 is 1.03 bits per heavy atom. The fraction of sp³-hybridized carbons (Fsp3) is 0.417. The Morgan fingerprint density at radius 2 is 1.74 bits per heavy atom. The molecule has 166 valence electrons. The van der Waals surface area contributed by atoms with E-state index in [0.717, 1.165) is 30.7 Å². The summed E-state index contributed by atoms with van der Waals surface area (Å²) >= 11 is 0. The molecule has 7 nitrogen and oxygen atoms in total. The van der Waals surface area contributed by atoms with Gasteiger partial charge in [0, 0.05) is 40.0 Å². The van der Waals surface area contributed by atoms with E-state index in [-0.39, 0.29) is 18.6 Å². The van der Waals surface area contributed by atoms with Gasteiger partial charge in [0.05, 0.1) is 11.7 Å². The van der Waals surface area contributed by atoms with Gasteiger partial charge in [-0.3, -0.25) is 4.79 Å². The van der Waals surface area contributed by atoms with Crippen molar-refractivity contribution in [2.75, 3.05) is 45.9 Å². The molecule has 1 heterocycles. The Bertz CT molecular complexity index is 859. The lowest BCUT2D eigenvalue weighted by Crippen LogP contribution is -2.30. The van der Waals surface area contributed by atoms with E-state index >= 15 is 0 Å². The van der Waals surface area contributed by atoms with Crippen LogP contribution in [0.5, 0.6) is 5.75 Å². The molecule has 1 saturated heterocycles. The number of esters is 1. The first-order valence-electron chi connectivity index (χ1n) is 10.4. The Morgan fingerprint density at radius 3 is 2.35 bits per heavy atom.